The number of rotatable bonds is 1. The summed E-state index contributed by atoms with van der Waals surface area (Å²) in [5.41, 5.74) is 2.49. The predicted molar refractivity (Wildman–Crippen MR) is 78.0 cm³/mol. The zero-order valence-corrected chi connectivity index (χ0v) is 12.0. The number of fused-ring (bicyclic) bond motifs is 1. The Morgan fingerprint density at radius 2 is 2.05 bits per heavy atom. The summed E-state index contributed by atoms with van der Waals surface area (Å²) in [7, 11) is 0. The molecule has 0 radical (unpaired) electrons. The molecule has 2 aliphatic rings. The van der Waals surface area contributed by atoms with Crippen LogP contribution in [0.15, 0.2) is 18.2 Å². The fourth-order valence-electron chi connectivity index (χ4n) is 3.33. The summed E-state index contributed by atoms with van der Waals surface area (Å²) in [4.78, 5) is 26.5. The molecule has 1 unspecified atom stereocenters. The van der Waals surface area contributed by atoms with Gasteiger partial charge in [-0.25, -0.2) is 0 Å². The molecule has 0 aromatic heterocycles. The van der Waals surface area contributed by atoms with Gasteiger partial charge >= 0.3 is 0 Å². The normalized spacial score (nSPS) is 22.6. The molecule has 1 saturated heterocycles. The molecular formula is C17H21NO2. The number of nitrogens with zero attached hydrogens (tertiary/aromatic N) is 1. The zero-order chi connectivity index (χ0) is 14.1. The Morgan fingerprint density at radius 1 is 1.20 bits per heavy atom. The van der Waals surface area contributed by atoms with Crippen LogP contribution in [0.3, 0.4) is 0 Å². The fourth-order valence-corrected chi connectivity index (χ4v) is 3.33. The molecule has 1 aliphatic heterocycles. The molecule has 1 amide bonds. The Balaban J connectivity index is 1.86. The average Bonchev–Trinajstić information content (AvgIpc) is 2.69. The van der Waals surface area contributed by atoms with E-state index < -0.39 is 0 Å². The summed E-state index contributed by atoms with van der Waals surface area (Å²) in [5.74, 6) is 1.00. The van der Waals surface area contributed by atoms with Gasteiger partial charge in [-0.1, -0.05) is 19.1 Å². The zero-order valence-electron chi connectivity index (χ0n) is 12.0. The van der Waals surface area contributed by atoms with Gasteiger partial charge in [-0.05, 0) is 43.2 Å². The predicted octanol–water partition coefficient (Wildman–Crippen LogP) is 3.08. The molecule has 1 fully saturated rings. The van der Waals surface area contributed by atoms with Crippen LogP contribution in [-0.4, -0.2) is 29.7 Å². The number of benzene rings is 1. The molecule has 3 nitrogen and oxygen atoms in total. The van der Waals surface area contributed by atoms with Gasteiger partial charge in [0.2, 0.25) is 0 Å². The van der Waals surface area contributed by atoms with Gasteiger partial charge in [0.15, 0.2) is 5.78 Å². The highest BCUT2D eigenvalue weighted by Gasteiger charge is 2.27. The molecule has 1 aromatic carbocycles. The molecule has 1 atom stereocenters. The number of carbonyl (C=O) groups is 2. The Hall–Kier alpha value is -1.64. The lowest BCUT2D eigenvalue weighted by atomic mass is 10.0. The Bertz CT molecular complexity index is 550. The minimum atomic E-state index is 0.116. The van der Waals surface area contributed by atoms with E-state index in [-0.39, 0.29) is 11.7 Å². The first-order valence-corrected chi connectivity index (χ1v) is 7.61. The summed E-state index contributed by atoms with van der Waals surface area (Å²) in [6.45, 7) is 3.95. The number of hydrogen-bond donors (Lipinski definition) is 0. The van der Waals surface area contributed by atoms with Crippen molar-refractivity contribution in [2.24, 2.45) is 5.92 Å². The molecule has 106 valence electrons. The van der Waals surface area contributed by atoms with Gasteiger partial charge in [-0.3, -0.25) is 9.59 Å². The van der Waals surface area contributed by atoms with Crippen molar-refractivity contribution in [1.29, 1.82) is 0 Å². The maximum Gasteiger partial charge on any atom is 0.254 e. The van der Waals surface area contributed by atoms with E-state index in [4.69, 9.17) is 0 Å². The Labute approximate surface area is 120 Å². The molecule has 1 heterocycles. The smallest absolute Gasteiger partial charge is 0.254 e. The molecule has 3 heteroatoms. The van der Waals surface area contributed by atoms with E-state index in [1.54, 1.807) is 0 Å². The molecule has 20 heavy (non-hydrogen) atoms. The number of amides is 1. The van der Waals surface area contributed by atoms with Gasteiger partial charge in [0.25, 0.3) is 5.91 Å². The van der Waals surface area contributed by atoms with E-state index in [0.29, 0.717) is 12.3 Å². The van der Waals surface area contributed by atoms with Crippen LogP contribution in [0, 0.1) is 5.92 Å². The van der Waals surface area contributed by atoms with Crippen LogP contribution < -0.4 is 0 Å². The number of ketones is 1. The summed E-state index contributed by atoms with van der Waals surface area (Å²) in [6.07, 6.45) is 4.65. The molecular weight excluding hydrogens is 250 g/mol. The third-order valence-electron chi connectivity index (χ3n) is 4.61. The van der Waals surface area contributed by atoms with Crippen molar-refractivity contribution in [3.63, 3.8) is 0 Å². The number of hydrogen-bond acceptors (Lipinski definition) is 2. The molecule has 0 N–H and O–H groups in total. The Kier molecular flexibility index (Phi) is 3.60. The fraction of sp³-hybridized carbons (Fsp3) is 0.529. The van der Waals surface area contributed by atoms with Gasteiger partial charge < -0.3 is 4.90 Å². The lowest BCUT2D eigenvalue weighted by Crippen LogP contribution is -2.32. The maximum absolute atomic E-state index is 12.7. The van der Waals surface area contributed by atoms with Gasteiger partial charge in [-0.2, -0.15) is 0 Å². The first kappa shape index (κ1) is 13.3. The first-order valence-electron chi connectivity index (χ1n) is 7.61. The highest BCUT2D eigenvalue weighted by atomic mass is 16.2. The highest BCUT2D eigenvalue weighted by Crippen LogP contribution is 2.27. The van der Waals surface area contributed by atoms with Gasteiger partial charge in [-0.15, -0.1) is 0 Å². The average molecular weight is 271 g/mol. The SMILES string of the molecule is CC1CCCN(C(=O)c2cccc3c2CCC3=O)CC1. The minimum absolute atomic E-state index is 0.116. The van der Waals surface area contributed by atoms with E-state index in [2.05, 4.69) is 6.92 Å². The third kappa shape index (κ3) is 2.37. The first-order chi connectivity index (χ1) is 9.66. The summed E-state index contributed by atoms with van der Waals surface area (Å²) >= 11 is 0. The lowest BCUT2D eigenvalue weighted by molar-refractivity contribution is 0.0759. The minimum Gasteiger partial charge on any atom is -0.339 e. The second-order valence-corrected chi connectivity index (χ2v) is 6.08. The van der Waals surface area contributed by atoms with E-state index in [0.717, 1.165) is 49.0 Å². The molecule has 1 aromatic rings. The van der Waals surface area contributed by atoms with E-state index in [1.807, 2.05) is 23.1 Å². The summed E-state index contributed by atoms with van der Waals surface area (Å²) < 4.78 is 0. The van der Waals surface area contributed by atoms with Crippen molar-refractivity contribution in [3.8, 4) is 0 Å². The summed E-state index contributed by atoms with van der Waals surface area (Å²) in [5, 5.41) is 0. The van der Waals surface area contributed by atoms with Crippen LogP contribution in [-0.2, 0) is 6.42 Å². The topological polar surface area (TPSA) is 37.4 Å². The van der Waals surface area contributed by atoms with Crippen LogP contribution in [0.1, 0.15) is 58.9 Å². The van der Waals surface area contributed by atoms with E-state index in [1.165, 1.54) is 6.42 Å². The summed E-state index contributed by atoms with van der Waals surface area (Å²) in [6, 6.07) is 5.58. The third-order valence-corrected chi connectivity index (χ3v) is 4.61. The molecule has 0 saturated carbocycles. The Morgan fingerprint density at radius 3 is 2.90 bits per heavy atom. The standard InChI is InChI=1S/C17H21NO2/c1-12-4-3-10-18(11-9-12)17(20)15-6-2-5-14-13(15)7-8-16(14)19/h2,5-6,12H,3-4,7-11H2,1H3. The monoisotopic (exact) mass is 271 g/mol. The van der Waals surface area contributed by atoms with Crippen molar-refractivity contribution in [3.05, 3.63) is 34.9 Å². The number of likely N-dealkylation sites (tertiary alicyclic amines) is 1. The van der Waals surface area contributed by atoms with Crippen LogP contribution in [0.4, 0.5) is 0 Å². The lowest BCUT2D eigenvalue weighted by Gasteiger charge is -2.21. The van der Waals surface area contributed by atoms with E-state index >= 15 is 0 Å². The number of Topliss-reactive ketones (excluding diaryl/α,β-unsaturated/α-hetero) is 1. The van der Waals surface area contributed by atoms with Gasteiger partial charge in [0.1, 0.15) is 0 Å². The molecule has 1 aliphatic carbocycles. The quantitative estimate of drug-likeness (QED) is 0.787. The molecule has 0 spiro atoms. The maximum atomic E-state index is 12.7. The van der Waals surface area contributed by atoms with Gasteiger partial charge in [0.05, 0.1) is 0 Å². The highest BCUT2D eigenvalue weighted by molar-refractivity contribution is 6.05. The van der Waals surface area contributed by atoms with Crippen LogP contribution >= 0.6 is 0 Å². The molecule has 0 bridgehead atoms. The van der Waals surface area contributed by atoms with Crippen molar-refractivity contribution in [1.82, 2.24) is 4.90 Å². The van der Waals surface area contributed by atoms with Crippen LogP contribution in [0.5, 0.6) is 0 Å². The second-order valence-electron chi connectivity index (χ2n) is 6.08. The molecule has 3 rings (SSSR count). The second kappa shape index (κ2) is 5.39. The van der Waals surface area contributed by atoms with Crippen molar-refractivity contribution >= 4 is 11.7 Å². The number of carbonyl (C=O) groups excluding carboxylic acids is 2. The van der Waals surface area contributed by atoms with Crippen molar-refractivity contribution in [2.45, 2.75) is 39.0 Å². The van der Waals surface area contributed by atoms with Crippen molar-refractivity contribution in [2.75, 3.05) is 13.1 Å². The largest absolute Gasteiger partial charge is 0.339 e. The van der Waals surface area contributed by atoms with Gasteiger partial charge in [0, 0.05) is 30.6 Å². The van der Waals surface area contributed by atoms with Crippen LogP contribution in [0.2, 0.25) is 0 Å². The van der Waals surface area contributed by atoms with E-state index in [9.17, 15) is 9.59 Å². The van der Waals surface area contributed by atoms with Crippen molar-refractivity contribution < 1.29 is 9.59 Å². The van der Waals surface area contributed by atoms with Crippen LogP contribution in [0.25, 0.3) is 0 Å².